The highest BCUT2D eigenvalue weighted by molar-refractivity contribution is 6.51. The zero-order valence-corrected chi connectivity index (χ0v) is 5.74. The van der Waals surface area contributed by atoms with Crippen LogP contribution in [0.1, 0.15) is 6.42 Å². The molecule has 0 radical (unpaired) electrons. The van der Waals surface area contributed by atoms with E-state index in [1.807, 2.05) is 0 Å². The molecule has 0 N–H and O–H groups in total. The summed E-state index contributed by atoms with van der Waals surface area (Å²) >= 11 is 11.5. The summed E-state index contributed by atoms with van der Waals surface area (Å²) < 4.78 is 4.66. The Morgan fingerprint density at radius 1 is 1.50 bits per heavy atom. The molecule has 1 nitrogen and oxygen atoms in total. The van der Waals surface area contributed by atoms with E-state index in [9.17, 15) is 0 Å². The summed E-state index contributed by atoms with van der Waals surface area (Å²) in [6.45, 7) is 0.844. The average Bonchev–Trinajstić information content (AvgIpc) is 2.22. The van der Waals surface area contributed by atoms with Crippen LogP contribution < -0.4 is 0 Å². The van der Waals surface area contributed by atoms with Gasteiger partial charge in [-0.2, -0.15) is 0 Å². The molecule has 1 saturated carbocycles. The van der Waals surface area contributed by atoms with Crippen LogP contribution in [-0.2, 0) is 4.74 Å². The zero-order valence-electron chi connectivity index (χ0n) is 4.23. The summed E-state index contributed by atoms with van der Waals surface area (Å²) in [6.07, 6.45) is 1.20. The molecule has 2 aliphatic rings. The highest BCUT2D eigenvalue weighted by Crippen LogP contribution is 2.60. The van der Waals surface area contributed by atoms with E-state index in [0.29, 0.717) is 5.92 Å². The van der Waals surface area contributed by atoms with Crippen molar-refractivity contribution in [1.82, 2.24) is 0 Å². The molecule has 0 aromatic rings. The topological polar surface area (TPSA) is 9.23 Å². The van der Waals surface area contributed by atoms with Gasteiger partial charge in [0, 0.05) is 12.5 Å². The minimum Gasteiger partial charge on any atom is -0.375 e. The van der Waals surface area contributed by atoms with Gasteiger partial charge in [-0.3, -0.25) is 0 Å². The Morgan fingerprint density at radius 2 is 2.25 bits per heavy atom. The standard InChI is InChI=1S/C5H6Cl2O/c6-5(7)3-1-2-8-4(3)5/h3-4H,1-2H2/t3-,4-/m0/s1. The summed E-state index contributed by atoms with van der Waals surface area (Å²) in [7, 11) is 0. The van der Waals surface area contributed by atoms with Crippen LogP contribution in [0.3, 0.4) is 0 Å². The number of hydrogen-bond donors (Lipinski definition) is 0. The van der Waals surface area contributed by atoms with E-state index in [0.717, 1.165) is 13.0 Å². The SMILES string of the molecule is ClC1(Cl)[C@H]2CCO[C@@H]21. The third-order valence-corrected chi connectivity index (χ3v) is 2.85. The van der Waals surface area contributed by atoms with Gasteiger partial charge >= 0.3 is 0 Å². The van der Waals surface area contributed by atoms with Crippen molar-refractivity contribution in [2.75, 3.05) is 6.61 Å². The van der Waals surface area contributed by atoms with Crippen molar-refractivity contribution in [2.24, 2.45) is 5.92 Å². The van der Waals surface area contributed by atoms with E-state index in [1.54, 1.807) is 0 Å². The summed E-state index contributed by atoms with van der Waals surface area (Å²) in [4.78, 5) is 0. The number of alkyl halides is 2. The predicted molar refractivity (Wildman–Crippen MR) is 32.3 cm³/mol. The quantitative estimate of drug-likeness (QED) is 0.480. The molecule has 0 spiro atoms. The molecule has 0 unspecified atom stereocenters. The minimum absolute atomic E-state index is 0.158. The summed E-state index contributed by atoms with van der Waals surface area (Å²) in [6, 6.07) is 0. The van der Waals surface area contributed by atoms with E-state index in [2.05, 4.69) is 0 Å². The Labute approximate surface area is 57.9 Å². The monoisotopic (exact) mass is 152 g/mol. The first-order chi connectivity index (χ1) is 3.73. The van der Waals surface area contributed by atoms with Crippen LogP contribution in [0, 0.1) is 5.92 Å². The Hall–Kier alpha value is 0.540. The Kier molecular flexibility index (Phi) is 0.891. The first-order valence-electron chi connectivity index (χ1n) is 2.72. The Morgan fingerprint density at radius 3 is 2.50 bits per heavy atom. The highest BCUT2D eigenvalue weighted by Gasteiger charge is 2.66. The summed E-state index contributed by atoms with van der Waals surface area (Å²) in [5, 5.41) is 0. The van der Waals surface area contributed by atoms with Crippen LogP contribution in [-0.4, -0.2) is 17.0 Å². The summed E-state index contributed by atoms with van der Waals surface area (Å²) in [5.41, 5.74) is 0. The molecular formula is C5H6Cl2O. The number of halogens is 2. The second-order valence-electron chi connectivity index (χ2n) is 2.36. The van der Waals surface area contributed by atoms with Crippen molar-refractivity contribution in [3.63, 3.8) is 0 Å². The minimum atomic E-state index is -0.516. The number of ether oxygens (including phenoxy) is 1. The zero-order chi connectivity index (χ0) is 5.78. The molecule has 2 atom stereocenters. The lowest BCUT2D eigenvalue weighted by molar-refractivity contribution is 0.153. The van der Waals surface area contributed by atoms with Crippen LogP contribution in [0.2, 0.25) is 0 Å². The van der Waals surface area contributed by atoms with Crippen LogP contribution in [0.4, 0.5) is 0 Å². The normalized spacial score (nSPS) is 48.8. The van der Waals surface area contributed by atoms with Gasteiger partial charge in [-0.05, 0) is 6.42 Å². The van der Waals surface area contributed by atoms with Crippen molar-refractivity contribution in [2.45, 2.75) is 16.9 Å². The molecule has 8 heavy (non-hydrogen) atoms. The van der Waals surface area contributed by atoms with Crippen molar-refractivity contribution < 1.29 is 4.74 Å². The Balaban J connectivity index is 2.13. The van der Waals surface area contributed by atoms with Gasteiger partial charge in [-0.15, -0.1) is 0 Å². The van der Waals surface area contributed by atoms with Crippen LogP contribution in [0.25, 0.3) is 0 Å². The van der Waals surface area contributed by atoms with Crippen molar-refractivity contribution in [3.05, 3.63) is 0 Å². The molecule has 0 aromatic carbocycles. The third-order valence-electron chi connectivity index (χ3n) is 1.86. The largest absolute Gasteiger partial charge is 0.375 e. The number of hydrogen-bond acceptors (Lipinski definition) is 1. The lowest BCUT2D eigenvalue weighted by Gasteiger charge is -2.00. The van der Waals surface area contributed by atoms with E-state index in [4.69, 9.17) is 27.9 Å². The third kappa shape index (κ3) is 0.476. The van der Waals surface area contributed by atoms with Crippen LogP contribution >= 0.6 is 23.2 Å². The van der Waals surface area contributed by atoms with Gasteiger partial charge < -0.3 is 4.74 Å². The maximum Gasteiger partial charge on any atom is 0.150 e. The van der Waals surface area contributed by atoms with E-state index >= 15 is 0 Å². The molecule has 2 rings (SSSR count). The molecule has 1 aliphatic carbocycles. The maximum absolute atomic E-state index is 5.75. The van der Waals surface area contributed by atoms with Gasteiger partial charge in [0.2, 0.25) is 0 Å². The summed E-state index contributed by atoms with van der Waals surface area (Å²) in [5.74, 6) is 0.436. The van der Waals surface area contributed by atoms with E-state index < -0.39 is 4.33 Å². The van der Waals surface area contributed by atoms with Crippen molar-refractivity contribution >= 4 is 23.2 Å². The number of rotatable bonds is 0. The average molecular weight is 153 g/mol. The first kappa shape index (κ1) is 5.33. The molecule has 0 bridgehead atoms. The van der Waals surface area contributed by atoms with Crippen molar-refractivity contribution in [1.29, 1.82) is 0 Å². The molecule has 0 aromatic heterocycles. The van der Waals surface area contributed by atoms with Gasteiger partial charge in [-0.25, -0.2) is 0 Å². The van der Waals surface area contributed by atoms with Gasteiger partial charge in [0.15, 0.2) is 0 Å². The van der Waals surface area contributed by atoms with Gasteiger partial charge in [0.25, 0.3) is 0 Å². The molecule has 1 aliphatic heterocycles. The predicted octanol–water partition coefficient (Wildman–Crippen LogP) is 1.58. The Bertz CT molecular complexity index is 112. The van der Waals surface area contributed by atoms with E-state index in [1.165, 1.54) is 0 Å². The molecular weight excluding hydrogens is 147 g/mol. The van der Waals surface area contributed by atoms with Crippen LogP contribution in [0.15, 0.2) is 0 Å². The second kappa shape index (κ2) is 1.34. The fourth-order valence-corrected chi connectivity index (χ4v) is 2.00. The molecule has 0 amide bonds. The van der Waals surface area contributed by atoms with Gasteiger partial charge in [0.1, 0.15) is 4.33 Å². The highest BCUT2D eigenvalue weighted by atomic mass is 35.5. The molecule has 46 valence electrons. The molecule has 2 fully saturated rings. The number of fused-ring (bicyclic) bond motifs is 1. The van der Waals surface area contributed by atoms with Gasteiger partial charge in [-0.1, -0.05) is 23.2 Å². The lowest BCUT2D eigenvalue weighted by Crippen LogP contribution is -2.03. The van der Waals surface area contributed by atoms with Crippen molar-refractivity contribution in [3.8, 4) is 0 Å². The van der Waals surface area contributed by atoms with Gasteiger partial charge in [0.05, 0.1) is 6.10 Å². The fraction of sp³-hybridized carbons (Fsp3) is 1.00. The molecule has 3 heteroatoms. The smallest absolute Gasteiger partial charge is 0.150 e. The first-order valence-corrected chi connectivity index (χ1v) is 3.48. The molecule has 1 saturated heterocycles. The molecule has 1 heterocycles. The van der Waals surface area contributed by atoms with Crippen LogP contribution in [0.5, 0.6) is 0 Å². The second-order valence-corrected chi connectivity index (χ2v) is 3.81. The fourth-order valence-electron chi connectivity index (χ4n) is 1.25. The van der Waals surface area contributed by atoms with E-state index in [-0.39, 0.29) is 6.10 Å². The lowest BCUT2D eigenvalue weighted by atomic mass is 10.3. The maximum atomic E-state index is 5.75.